The Bertz CT molecular complexity index is 1130. The number of anilines is 1. The number of rotatable bonds is 5. The number of carbonyl (C=O) groups is 3. The fraction of sp³-hybridized carbons (Fsp3) is 0.0870. The van der Waals surface area contributed by atoms with Crippen molar-refractivity contribution >= 4 is 35.2 Å². The summed E-state index contributed by atoms with van der Waals surface area (Å²) in [5, 5.41) is 15.1. The predicted molar refractivity (Wildman–Crippen MR) is 114 cm³/mol. The van der Waals surface area contributed by atoms with Crippen LogP contribution in [0.1, 0.15) is 32.2 Å². The van der Waals surface area contributed by atoms with E-state index in [1.807, 2.05) is 12.1 Å². The van der Waals surface area contributed by atoms with Crippen LogP contribution in [0.3, 0.4) is 0 Å². The van der Waals surface area contributed by atoms with E-state index >= 15 is 0 Å². The highest BCUT2D eigenvalue weighted by Crippen LogP contribution is 2.39. The fourth-order valence-corrected chi connectivity index (χ4v) is 4.25. The molecule has 150 valence electrons. The minimum Gasteiger partial charge on any atom is -0.481 e. The third-order valence-corrected chi connectivity index (χ3v) is 5.96. The number of carbonyl (C=O) groups excluding carboxylic acids is 2. The standard InChI is InChI=1S/C23H18N2O4S/c26-21(24-13-17(23(28)29)14-6-2-1-3-7-14)15-10-11-20-18(12-15)25-22(27)16-8-4-5-9-19(16)30-20/h1-12,17H,13H2,(H,24,26)(H,25,27)(H,28,29)/t17-/m0/s1. The number of hydrogen-bond acceptors (Lipinski definition) is 4. The van der Waals surface area contributed by atoms with Gasteiger partial charge in [0.25, 0.3) is 11.8 Å². The van der Waals surface area contributed by atoms with Gasteiger partial charge in [0, 0.05) is 21.9 Å². The number of nitrogens with one attached hydrogen (secondary N) is 2. The summed E-state index contributed by atoms with van der Waals surface area (Å²) in [5.74, 6) is -2.49. The van der Waals surface area contributed by atoms with Crippen molar-refractivity contribution in [3.63, 3.8) is 0 Å². The van der Waals surface area contributed by atoms with Crippen molar-refractivity contribution in [2.75, 3.05) is 11.9 Å². The van der Waals surface area contributed by atoms with E-state index in [0.717, 1.165) is 9.79 Å². The summed E-state index contributed by atoms with van der Waals surface area (Å²) in [7, 11) is 0. The molecule has 0 saturated carbocycles. The second-order valence-corrected chi connectivity index (χ2v) is 7.86. The smallest absolute Gasteiger partial charge is 0.312 e. The average molecular weight is 418 g/mol. The zero-order valence-electron chi connectivity index (χ0n) is 15.8. The van der Waals surface area contributed by atoms with Crippen LogP contribution in [0, 0.1) is 0 Å². The van der Waals surface area contributed by atoms with Gasteiger partial charge in [-0.25, -0.2) is 0 Å². The van der Waals surface area contributed by atoms with Crippen LogP contribution >= 0.6 is 11.8 Å². The summed E-state index contributed by atoms with van der Waals surface area (Å²) in [6.45, 7) is -0.0399. The summed E-state index contributed by atoms with van der Waals surface area (Å²) in [4.78, 5) is 38.5. The van der Waals surface area contributed by atoms with Gasteiger partial charge in [0.1, 0.15) is 0 Å². The van der Waals surface area contributed by atoms with Crippen molar-refractivity contribution in [1.29, 1.82) is 0 Å². The maximum atomic E-state index is 12.7. The van der Waals surface area contributed by atoms with Gasteiger partial charge in [-0.2, -0.15) is 0 Å². The first-order valence-electron chi connectivity index (χ1n) is 9.31. The third kappa shape index (κ3) is 4.06. The van der Waals surface area contributed by atoms with Gasteiger partial charge in [-0.05, 0) is 35.9 Å². The largest absolute Gasteiger partial charge is 0.481 e. The Morgan fingerprint density at radius 3 is 2.47 bits per heavy atom. The highest BCUT2D eigenvalue weighted by molar-refractivity contribution is 7.99. The van der Waals surface area contributed by atoms with Crippen LogP contribution in [0.25, 0.3) is 0 Å². The fourth-order valence-electron chi connectivity index (χ4n) is 3.24. The Kier molecular flexibility index (Phi) is 5.54. The molecule has 0 saturated heterocycles. The Hall–Kier alpha value is -3.58. The molecule has 0 aliphatic carbocycles. The van der Waals surface area contributed by atoms with Gasteiger partial charge < -0.3 is 15.7 Å². The van der Waals surface area contributed by atoms with Crippen molar-refractivity contribution in [3.05, 3.63) is 89.5 Å². The van der Waals surface area contributed by atoms with Gasteiger partial charge in [0.05, 0.1) is 17.2 Å². The monoisotopic (exact) mass is 418 g/mol. The van der Waals surface area contributed by atoms with E-state index < -0.39 is 17.8 Å². The van der Waals surface area contributed by atoms with Crippen LogP contribution in [-0.2, 0) is 4.79 Å². The third-order valence-electron chi connectivity index (χ3n) is 4.81. The molecule has 1 aliphatic heterocycles. The first kappa shape index (κ1) is 19.7. The summed E-state index contributed by atoms with van der Waals surface area (Å²) < 4.78 is 0. The van der Waals surface area contributed by atoms with Crippen molar-refractivity contribution in [2.45, 2.75) is 15.7 Å². The van der Waals surface area contributed by atoms with E-state index in [2.05, 4.69) is 10.6 Å². The zero-order valence-corrected chi connectivity index (χ0v) is 16.6. The van der Waals surface area contributed by atoms with E-state index in [1.54, 1.807) is 60.7 Å². The first-order chi connectivity index (χ1) is 14.5. The Morgan fingerprint density at radius 2 is 1.70 bits per heavy atom. The van der Waals surface area contributed by atoms with E-state index in [-0.39, 0.29) is 12.5 Å². The molecule has 0 aromatic heterocycles. The molecular weight excluding hydrogens is 400 g/mol. The number of aliphatic carboxylic acids is 1. The molecule has 30 heavy (non-hydrogen) atoms. The van der Waals surface area contributed by atoms with Crippen molar-refractivity contribution < 1.29 is 19.5 Å². The maximum absolute atomic E-state index is 12.7. The SMILES string of the molecule is O=C(NC[C@H](C(=O)O)c1ccccc1)c1ccc2c(c1)NC(=O)c1ccccc1S2. The van der Waals surface area contributed by atoms with Crippen LogP contribution in [0.2, 0.25) is 0 Å². The molecular formula is C23H18N2O4S. The zero-order chi connectivity index (χ0) is 21.1. The molecule has 0 unspecified atom stereocenters. The quantitative estimate of drug-likeness (QED) is 0.582. The van der Waals surface area contributed by atoms with E-state index in [1.165, 1.54) is 11.8 Å². The van der Waals surface area contributed by atoms with Crippen molar-refractivity contribution in [1.82, 2.24) is 5.32 Å². The molecule has 1 heterocycles. The lowest BCUT2D eigenvalue weighted by Gasteiger charge is -2.14. The maximum Gasteiger partial charge on any atom is 0.312 e. The molecule has 7 heteroatoms. The van der Waals surface area contributed by atoms with Crippen LogP contribution in [0.5, 0.6) is 0 Å². The molecule has 0 spiro atoms. The van der Waals surface area contributed by atoms with Crippen molar-refractivity contribution in [3.8, 4) is 0 Å². The second-order valence-electron chi connectivity index (χ2n) is 6.77. The Morgan fingerprint density at radius 1 is 0.967 bits per heavy atom. The van der Waals surface area contributed by atoms with E-state index in [0.29, 0.717) is 22.4 Å². The predicted octanol–water partition coefficient (Wildman–Crippen LogP) is 4.00. The lowest BCUT2D eigenvalue weighted by molar-refractivity contribution is -0.138. The molecule has 1 aliphatic rings. The molecule has 1 atom stereocenters. The molecule has 3 N–H and O–H groups in total. The molecule has 4 rings (SSSR count). The van der Waals surface area contributed by atoms with Crippen LogP contribution in [0.4, 0.5) is 5.69 Å². The molecule has 6 nitrogen and oxygen atoms in total. The molecule has 2 amide bonds. The van der Waals surface area contributed by atoms with Gasteiger partial charge in [-0.1, -0.05) is 54.2 Å². The van der Waals surface area contributed by atoms with Crippen LogP contribution < -0.4 is 10.6 Å². The molecule has 0 radical (unpaired) electrons. The lowest BCUT2D eigenvalue weighted by Crippen LogP contribution is -2.31. The normalized spacial score (nSPS) is 13.3. The van der Waals surface area contributed by atoms with Gasteiger partial charge in [0.2, 0.25) is 0 Å². The molecule has 0 fully saturated rings. The van der Waals surface area contributed by atoms with Crippen LogP contribution in [0.15, 0.2) is 82.6 Å². The highest BCUT2D eigenvalue weighted by Gasteiger charge is 2.23. The van der Waals surface area contributed by atoms with Gasteiger partial charge in [-0.15, -0.1) is 0 Å². The molecule has 3 aromatic rings. The summed E-state index contributed by atoms with van der Waals surface area (Å²) in [6.07, 6.45) is 0. The average Bonchev–Trinajstić information content (AvgIpc) is 2.89. The second kappa shape index (κ2) is 8.42. The number of carboxylic acid groups (broad SMARTS) is 1. The highest BCUT2D eigenvalue weighted by atomic mass is 32.2. The van der Waals surface area contributed by atoms with Gasteiger partial charge in [0.15, 0.2) is 0 Å². The van der Waals surface area contributed by atoms with E-state index in [9.17, 15) is 19.5 Å². The van der Waals surface area contributed by atoms with Crippen molar-refractivity contribution in [2.24, 2.45) is 0 Å². The van der Waals surface area contributed by atoms with Gasteiger partial charge >= 0.3 is 5.97 Å². The number of hydrogen-bond donors (Lipinski definition) is 3. The van der Waals surface area contributed by atoms with E-state index in [4.69, 9.17) is 0 Å². The number of benzene rings is 3. The van der Waals surface area contributed by atoms with Crippen LogP contribution in [-0.4, -0.2) is 29.4 Å². The Labute approximate surface area is 177 Å². The first-order valence-corrected chi connectivity index (χ1v) is 10.1. The number of fused-ring (bicyclic) bond motifs is 2. The summed E-state index contributed by atoms with van der Waals surface area (Å²) in [6, 6.07) is 21.1. The minimum absolute atomic E-state index is 0.0399. The number of carboxylic acids is 1. The number of amides is 2. The van der Waals surface area contributed by atoms with Gasteiger partial charge in [-0.3, -0.25) is 14.4 Å². The summed E-state index contributed by atoms with van der Waals surface area (Å²) in [5.41, 5.74) is 2.09. The summed E-state index contributed by atoms with van der Waals surface area (Å²) >= 11 is 1.45. The molecule has 3 aromatic carbocycles. The molecule has 0 bridgehead atoms. The topological polar surface area (TPSA) is 95.5 Å². The lowest BCUT2D eigenvalue weighted by atomic mass is 9.99. The minimum atomic E-state index is -1.01. The Balaban J connectivity index is 1.52.